The molecule has 2 amide bonds. The molecule has 0 heterocycles. The number of unbranched alkanes of at least 4 members (excludes halogenated alkanes) is 7. The van der Waals surface area contributed by atoms with Gasteiger partial charge in [0, 0.05) is 0 Å². The van der Waals surface area contributed by atoms with E-state index in [0.717, 1.165) is 19.3 Å². The summed E-state index contributed by atoms with van der Waals surface area (Å²) in [5.41, 5.74) is 0. The van der Waals surface area contributed by atoms with Crippen LogP contribution in [0.1, 0.15) is 71.1 Å². The largest absolute Gasteiger partial charge is 0.464 e. The number of hydrogen-bond acceptors (Lipinski definition) is 6. The van der Waals surface area contributed by atoms with E-state index in [0.29, 0.717) is 12.2 Å². The Morgan fingerprint density at radius 1 is 0.778 bits per heavy atom. The minimum absolute atomic E-state index is 0.157. The highest BCUT2D eigenvalue weighted by molar-refractivity contribution is 7.98. The minimum atomic E-state index is -6.10. The first-order chi connectivity index (χ1) is 16.9. The normalized spacial score (nSPS) is 13.7. The Balaban J connectivity index is 4.96. The Morgan fingerprint density at radius 2 is 1.28 bits per heavy atom. The van der Waals surface area contributed by atoms with E-state index < -0.39 is 42.0 Å². The number of esters is 1. The van der Waals surface area contributed by atoms with E-state index >= 15 is 0 Å². The Hall–Kier alpha value is -1.24. The lowest BCUT2D eigenvalue weighted by molar-refractivity contribution is -0.270. The third kappa shape index (κ3) is 13.9. The first-order valence-corrected chi connectivity index (χ1v) is 14.9. The van der Waals surface area contributed by atoms with Gasteiger partial charge in [0.1, 0.15) is 12.1 Å². The minimum Gasteiger partial charge on any atom is -0.464 e. The van der Waals surface area contributed by atoms with Crippen LogP contribution < -0.4 is 10.6 Å². The molecule has 0 spiro atoms. The molecular formula is C23H39F5N2O4S2. The molecule has 0 radical (unpaired) electrons. The van der Waals surface area contributed by atoms with Gasteiger partial charge in [-0.15, -0.1) is 0 Å². The molecule has 0 bridgehead atoms. The molecule has 6 nitrogen and oxygen atoms in total. The first-order valence-electron chi connectivity index (χ1n) is 12.1. The van der Waals surface area contributed by atoms with Crippen molar-refractivity contribution in [2.45, 2.75) is 95.3 Å². The molecule has 0 aliphatic rings. The molecule has 0 aromatic rings. The molecule has 212 valence electrons. The molecule has 0 fully saturated rings. The molecular weight excluding hydrogens is 527 g/mol. The van der Waals surface area contributed by atoms with Gasteiger partial charge in [0.05, 0.1) is 6.61 Å². The number of rotatable bonds is 20. The average Bonchev–Trinajstić information content (AvgIpc) is 2.81. The maximum absolute atomic E-state index is 13.4. The first kappa shape index (κ1) is 34.8. The van der Waals surface area contributed by atoms with Gasteiger partial charge in [-0.3, -0.25) is 9.59 Å². The molecule has 36 heavy (non-hydrogen) atoms. The molecule has 0 aliphatic heterocycles. The number of ether oxygens (including phenoxy) is 1. The topological polar surface area (TPSA) is 84.5 Å². The fourth-order valence-corrected chi connectivity index (χ4v) is 4.09. The number of alkyl halides is 5. The van der Waals surface area contributed by atoms with Crippen LogP contribution in [0.3, 0.4) is 0 Å². The van der Waals surface area contributed by atoms with Crippen LogP contribution in [0.5, 0.6) is 0 Å². The highest BCUT2D eigenvalue weighted by atomic mass is 32.2. The molecule has 2 N–H and O–H groups in total. The van der Waals surface area contributed by atoms with Crippen molar-refractivity contribution in [3.8, 4) is 0 Å². The summed E-state index contributed by atoms with van der Waals surface area (Å²) in [7, 11) is 0. The summed E-state index contributed by atoms with van der Waals surface area (Å²) >= 11 is 2.61. The van der Waals surface area contributed by atoms with Crippen molar-refractivity contribution in [3.63, 3.8) is 0 Å². The van der Waals surface area contributed by atoms with Crippen molar-refractivity contribution in [1.82, 2.24) is 10.6 Å². The summed E-state index contributed by atoms with van der Waals surface area (Å²) in [4.78, 5) is 36.8. The molecule has 2 atom stereocenters. The van der Waals surface area contributed by atoms with Gasteiger partial charge in [0.2, 0.25) is 5.91 Å². The van der Waals surface area contributed by atoms with E-state index in [1.165, 1.54) is 54.5 Å². The van der Waals surface area contributed by atoms with Gasteiger partial charge >= 0.3 is 24.0 Å². The summed E-state index contributed by atoms with van der Waals surface area (Å²) < 4.78 is 69.6. The van der Waals surface area contributed by atoms with Crippen molar-refractivity contribution >= 4 is 41.3 Å². The second-order valence-corrected chi connectivity index (χ2v) is 10.3. The zero-order chi connectivity index (χ0) is 27.6. The quantitative estimate of drug-likeness (QED) is 0.118. The fraction of sp³-hybridized carbons (Fsp3) is 0.870. The highest BCUT2D eigenvalue weighted by Gasteiger charge is 2.63. The zero-order valence-corrected chi connectivity index (χ0v) is 22.8. The van der Waals surface area contributed by atoms with Gasteiger partial charge in [0.25, 0.3) is 0 Å². The van der Waals surface area contributed by atoms with Crippen LogP contribution in [0.25, 0.3) is 0 Å². The summed E-state index contributed by atoms with van der Waals surface area (Å²) in [6, 6.07) is -2.79. The lowest BCUT2D eigenvalue weighted by Crippen LogP contribution is -2.58. The van der Waals surface area contributed by atoms with Gasteiger partial charge in [-0.1, -0.05) is 51.9 Å². The monoisotopic (exact) mass is 566 g/mol. The number of hydrogen-bond donors (Lipinski definition) is 2. The number of nitrogens with one attached hydrogen (secondary N) is 2. The lowest BCUT2D eigenvalue weighted by Gasteiger charge is -2.25. The van der Waals surface area contributed by atoms with Crippen LogP contribution in [-0.2, 0) is 19.1 Å². The second kappa shape index (κ2) is 18.9. The Bertz CT molecular complexity index is 654. The fourth-order valence-electron chi connectivity index (χ4n) is 3.15. The van der Waals surface area contributed by atoms with Gasteiger partial charge in [-0.2, -0.15) is 45.5 Å². The van der Waals surface area contributed by atoms with E-state index in [1.54, 1.807) is 12.5 Å². The van der Waals surface area contributed by atoms with E-state index in [-0.39, 0.29) is 25.2 Å². The van der Waals surface area contributed by atoms with E-state index in [9.17, 15) is 36.3 Å². The average molecular weight is 567 g/mol. The van der Waals surface area contributed by atoms with Crippen molar-refractivity contribution < 1.29 is 41.1 Å². The summed E-state index contributed by atoms with van der Waals surface area (Å²) in [6.07, 6.45) is 5.73. The van der Waals surface area contributed by atoms with Gasteiger partial charge in [-0.25, -0.2) is 4.79 Å². The number of amides is 2. The Morgan fingerprint density at radius 3 is 1.78 bits per heavy atom. The Kier molecular flexibility index (Phi) is 18.3. The molecule has 0 saturated carbocycles. The van der Waals surface area contributed by atoms with Crippen LogP contribution >= 0.6 is 23.5 Å². The second-order valence-electron chi connectivity index (χ2n) is 8.36. The summed E-state index contributed by atoms with van der Waals surface area (Å²) in [5.74, 6) is -9.34. The third-order valence-electron chi connectivity index (χ3n) is 5.33. The van der Waals surface area contributed by atoms with Crippen LogP contribution in [0, 0.1) is 0 Å². The molecule has 0 rings (SSSR count). The SMILES string of the molecule is CCCCCCCCCCOC(=O)C(CCSC)NC(=O)C(CCSC)NC(=O)C(F)(F)C(F)(F)F. The molecule has 13 heteroatoms. The van der Waals surface area contributed by atoms with Gasteiger partial charge < -0.3 is 15.4 Å². The maximum atomic E-state index is 13.4. The van der Waals surface area contributed by atoms with E-state index in [1.807, 2.05) is 0 Å². The standard InChI is InChI=1S/C23H39F5N2O4S2/c1-4-5-6-7-8-9-10-11-14-34-20(32)18(13-16-36-3)29-19(31)17(12-15-35-2)30-21(33)22(24,25)23(26,27)28/h17-18H,4-16H2,1-3H3,(H,29,31)(H,30,33). The summed E-state index contributed by atoms with van der Waals surface area (Å²) in [6.45, 7) is 2.31. The van der Waals surface area contributed by atoms with Crippen LogP contribution in [0.15, 0.2) is 0 Å². The smallest absolute Gasteiger partial charge is 0.463 e. The predicted molar refractivity (Wildman–Crippen MR) is 134 cm³/mol. The van der Waals surface area contributed by atoms with E-state index in [4.69, 9.17) is 4.74 Å². The van der Waals surface area contributed by atoms with Crippen molar-refractivity contribution in [3.05, 3.63) is 0 Å². The summed E-state index contributed by atoms with van der Waals surface area (Å²) in [5, 5.41) is 3.85. The molecule has 0 aromatic carbocycles. The number of carbonyl (C=O) groups excluding carboxylic acids is 3. The van der Waals surface area contributed by atoms with Crippen molar-refractivity contribution in [2.24, 2.45) is 0 Å². The van der Waals surface area contributed by atoms with Crippen LogP contribution in [0.2, 0.25) is 0 Å². The number of thioether (sulfide) groups is 2. The predicted octanol–water partition coefficient (Wildman–Crippen LogP) is 5.34. The van der Waals surface area contributed by atoms with Crippen molar-refractivity contribution in [1.29, 1.82) is 0 Å². The molecule has 0 aromatic heterocycles. The molecule has 0 saturated heterocycles. The molecule has 2 unspecified atom stereocenters. The van der Waals surface area contributed by atoms with Gasteiger partial charge in [-0.05, 0) is 43.3 Å². The lowest BCUT2D eigenvalue weighted by atomic mass is 10.1. The van der Waals surface area contributed by atoms with Crippen molar-refractivity contribution in [2.75, 3.05) is 30.6 Å². The number of carbonyl (C=O) groups is 3. The van der Waals surface area contributed by atoms with Crippen LogP contribution in [-0.4, -0.2) is 72.6 Å². The third-order valence-corrected chi connectivity index (χ3v) is 6.62. The highest BCUT2D eigenvalue weighted by Crippen LogP contribution is 2.35. The number of halogens is 5. The van der Waals surface area contributed by atoms with Crippen LogP contribution in [0.4, 0.5) is 22.0 Å². The maximum Gasteiger partial charge on any atom is 0.463 e. The van der Waals surface area contributed by atoms with Gasteiger partial charge in [0.15, 0.2) is 0 Å². The zero-order valence-electron chi connectivity index (χ0n) is 21.2. The van der Waals surface area contributed by atoms with E-state index in [2.05, 4.69) is 12.2 Å². The molecule has 0 aliphatic carbocycles. The Labute approximate surface area is 219 Å².